The Bertz CT molecular complexity index is 356. The standard InChI is InChI=1S/C13H21NO4/c1-5-6-9-7-10(11(15)16)14(8-9)12(17)18-13(2,3)4/h5-6,9-10H,7-8H2,1-4H3,(H,15,16)/b6-5-/t9?,10-/m0/s1. The summed E-state index contributed by atoms with van der Waals surface area (Å²) in [5, 5.41) is 9.14. The van der Waals surface area contributed by atoms with Crippen molar-refractivity contribution >= 4 is 12.1 Å². The molecule has 0 spiro atoms. The minimum absolute atomic E-state index is 0.0867. The maximum absolute atomic E-state index is 11.9. The maximum atomic E-state index is 11.9. The summed E-state index contributed by atoms with van der Waals surface area (Å²) < 4.78 is 5.23. The average Bonchev–Trinajstić information content (AvgIpc) is 2.59. The fourth-order valence-corrected chi connectivity index (χ4v) is 2.04. The number of likely N-dealkylation sites (tertiary alicyclic amines) is 1. The Balaban J connectivity index is 2.78. The molecule has 0 bridgehead atoms. The fourth-order valence-electron chi connectivity index (χ4n) is 2.04. The largest absolute Gasteiger partial charge is 0.480 e. The van der Waals surface area contributed by atoms with Crippen molar-refractivity contribution in [3.63, 3.8) is 0 Å². The number of allylic oxidation sites excluding steroid dienone is 1. The Labute approximate surface area is 107 Å². The van der Waals surface area contributed by atoms with E-state index in [1.165, 1.54) is 4.90 Å². The number of rotatable bonds is 2. The number of carboxylic acid groups (broad SMARTS) is 1. The van der Waals surface area contributed by atoms with Gasteiger partial charge in [-0.1, -0.05) is 12.2 Å². The lowest BCUT2D eigenvalue weighted by molar-refractivity contribution is -0.142. The van der Waals surface area contributed by atoms with Crippen molar-refractivity contribution in [2.24, 2.45) is 5.92 Å². The van der Waals surface area contributed by atoms with Crippen LogP contribution in [0, 0.1) is 5.92 Å². The average molecular weight is 255 g/mol. The van der Waals surface area contributed by atoms with Crippen LogP contribution in [-0.2, 0) is 9.53 Å². The molecule has 1 aliphatic rings. The third kappa shape index (κ3) is 3.75. The second-order valence-electron chi connectivity index (χ2n) is 5.51. The molecule has 1 heterocycles. The normalized spacial score (nSPS) is 24.6. The molecule has 102 valence electrons. The molecule has 1 unspecified atom stereocenters. The number of nitrogens with zero attached hydrogens (tertiary/aromatic N) is 1. The van der Waals surface area contributed by atoms with Gasteiger partial charge in [-0.2, -0.15) is 0 Å². The van der Waals surface area contributed by atoms with Crippen molar-refractivity contribution in [1.82, 2.24) is 4.90 Å². The van der Waals surface area contributed by atoms with Crippen LogP contribution in [0.4, 0.5) is 4.79 Å². The fraction of sp³-hybridized carbons (Fsp3) is 0.692. The van der Waals surface area contributed by atoms with Crippen molar-refractivity contribution in [3.05, 3.63) is 12.2 Å². The molecule has 0 aromatic rings. The van der Waals surface area contributed by atoms with Gasteiger partial charge in [0, 0.05) is 6.54 Å². The van der Waals surface area contributed by atoms with Gasteiger partial charge in [-0.3, -0.25) is 4.90 Å². The first-order valence-corrected chi connectivity index (χ1v) is 6.10. The molecular formula is C13H21NO4. The molecule has 1 N–H and O–H groups in total. The molecule has 0 aliphatic carbocycles. The highest BCUT2D eigenvalue weighted by atomic mass is 16.6. The monoisotopic (exact) mass is 255 g/mol. The van der Waals surface area contributed by atoms with Crippen LogP contribution in [0.2, 0.25) is 0 Å². The molecule has 5 nitrogen and oxygen atoms in total. The summed E-state index contributed by atoms with van der Waals surface area (Å²) >= 11 is 0. The number of carbonyl (C=O) groups excluding carboxylic acids is 1. The van der Waals surface area contributed by atoms with Crippen molar-refractivity contribution in [2.45, 2.75) is 45.8 Å². The summed E-state index contributed by atoms with van der Waals surface area (Å²) in [5.74, 6) is -0.892. The third-order valence-electron chi connectivity index (χ3n) is 2.71. The van der Waals surface area contributed by atoms with Crippen molar-refractivity contribution in [1.29, 1.82) is 0 Å². The van der Waals surface area contributed by atoms with Crippen molar-refractivity contribution in [3.8, 4) is 0 Å². The summed E-state index contributed by atoms with van der Waals surface area (Å²) in [6.45, 7) is 7.57. The van der Waals surface area contributed by atoms with E-state index in [-0.39, 0.29) is 5.92 Å². The van der Waals surface area contributed by atoms with Crippen LogP contribution < -0.4 is 0 Å². The van der Waals surface area contributed by atoms with Gasteiger partial charge in [-0.15, -0.1) is 0 Å². The molecule has 5 heteroatoms. The van der Waals surface area contributed by atoms with Crippen LogP contribution in [-0.4, -0.2) is 40.3 Å². The lowest BCUT2D eigenvalue weighted by Gasteiger charge is -2.26. The van der Waals surface area contributed by atoms with E-state index in [1.54, 1.807) is 20.8 Å². The van der Waals surface area contributed by atoms with E-state index in [1.807, 2.05) is 19.1 Å². The minimum atomic E-state index is -0.979. The number of amides is 1. The van der Waals surface area contributed by atoms with Gasteiger partial charge in [0.1, 0.15) is 11.6 Å². The summed E-state index contributed by atoms with van der Waals surface area (Å²) in [4.78, 5) is 24.4. The summed E-state index contributed by atoms with van der Waals surface area (Å²) in [6.07, 6.45) is 3.70. The topological polar surface area (TPSA) is 66.8 Å². The Hall–Kier alpha value is -1.52. The van der Waals surface area contributed by atoms with Gasteiger partial charge in [0.05, 0.1) is 0 Å². The van der Waals surface area contributed by atoms with Gasteiger partial charge in [-0.25, -0.2) is 9.59 Å². The number of aliphatic carboxylic acids is 1. The smallest absolute Gasteiger partial charge is 0.411 e. The molecule has 0 radical (unpaired) electrons. The molecule has 1 rings (SSSR count). The predicted octanol–water partition coefficient (Wildman–Crippen LogP) is 2.27. The Morgan fingerprint density at radius 1 is 1.39 bits per heavy atom. The first-order chi connectivity index (χ1) is 8.24. The number of hydrogen-bond donors (Lipinski definition) is 1. The Morgan fingerprint density at radius 2 is 2.00 bits per heavy atom. The molecular weight excluding hydrogens is 234 g/mol. The van der Waals surface area contributed by atoms with Gasteiger partial charge in [0.2, 0.25) is 0 Å². The molecule has 1 aliphatic heterocycles. The summed E-state index contributed by atoms with van der Waals surface area (Å²) in [7, 11) is 0. The molecule has 0 saturated carbocycles. The Morgan fingerprint density at radius 3 is 2.44 bits per heavy atom. The quantitative estimate of drug-likeness (QED) is 0.769. The molecule has 0 aromatic carbocycles. The van der Waals surface area contributed by atoms with Crippen LogP contribution in [0.3, 0.4) is 0 Å². The number of hydrogen-bond acceptors (Lipinski definition) is 3. The zero-order chi connectivity index (χ0) is 13.9. The molecule has 0 aromatic heterocycles. The van der Waals surface area contributed by atoms with E-state index in [0.717, 1.165) is 0 Å². The van der Waals surface area contributed by atoms with Gasteiger partial charge in [0.15, 0.2) is 0 Å². The molecule has 1 fully saturated rings. The van der Waals surface area contributed by atoms with Gasteiger partial charge < -0.3 is 9.84 Å². The van der Waals surface area contributed by atoms with Crippen LogP contribution in [0.25, 0.3) is 0 Å². The SMILES string of the molecule is C/C=C\C1C[C@@H](C(=O)O)N(C(=O)OC(C)(C)C)C1. The van der Waals surface area contributed by atoms with E-state index in [4.69, 9.17) is 9.84 Å². The highest BCUT2D eigenvalue weighted by Gasteiger charge is 2.40. The van der Waals surface area contributed by atoms with Crippen LogP contribution in [0.15, 0.2) is 12.2 Å². The Kier molecular flexibility index (Phi) is 4.38. The number of carbonyl (C=O) groups is 2. The summed E-state index contributed by atoms with van der Waals surface area (Å²) in [5.41, 5.74) is -0.612. The second-order valence-corrected chi connectivity index (χ2v) is 5.51. The maximum Gasteiger partial charge on any atom is 0.411 e. The molecule has 1 saturated heterocycles. The molecule has 2 atom stereocenters. The lowest BCUT2D eigenvalue weighted by Crippen LogP contribution is -2.43. The van der Waals surface area contributed by atoms with Gasteiger partial charge in [-0.05, 0) is 40.0 Å². The van der Waals surface area contributed by atoms with Crippen LogP contribution >= 0.6 is 0 Å². The number of ether oxygens (including phenoxy) is 1. The van der Waals surface area contributed by atoms with Gasteiger partial charge in [0.25, 0.3) is 0 Å². The van der Waals surface area contributed by atoms with Crippen LogP contribution in [0.5, 0.6) is 0 Å². The second kappa shape index (κ2) is 5.42. The van der Waals surface area contributed by atoms with Crippen molar-refractivity contribution < 1.29 is 19.4 Å². The van der Waals surface area contributed by atoms with E-state index in [2.05, 4.69) is 0 Å². The lowest BCUT2D eigenvalue weighted by atomic mass is 10.1. The molecule has 18 heavy (non-hydrogen) atoms. The van der Waals surface area contributed by atoms with E-state index >= 15 is 0 Å². The number of carboxylic acids is 1. The predicted molar refractivity (Wildman–Crippen MR) is 67.3 cm³/mol. The molecule has 1 amide bonds. The first-order valence-electron chi connectivity index (χ1n) is 6.10. The highest BCUT2D eigenvalue weighted by Crippen LogP contribution is 2.26. The first kappa shape index (κ1) is 14.5. The zero-order valence-electron chi connectivity index (χ0n) is 11.3. The van der Waals surface area contributed by atoms with E-state index in [9.17, 15) is 9.59 Å². The summed E-state index contributed by atoms with van der Waals surface area (Å²) in [6, 6.07) is -0.791. The highest BCUT2D eigenvalue weighted by molar-refractivity contribution is 5.81. The van der Waals surface area contributed by atoms with E-state index in [0.29, 0.717) is 13.0 Å². The van der Waals surface area contributed by atoms with Crippen molar-refractivity contribution in [2.75, 3.05) is 6.54 Å². The minimum Gasteiger partial charge on any atom is -0.480 e. The van der Waals surface area contributed by atoms with Crippen LogP contribution in [0.1, 0.15) is 34.1 Å². The van der Waals surface area contributed by atoms with Gasteiger partial charge >= 0.3 is 12.1 Å². The third-order valence-corrected chi connectivity index (χ3v) is 2.71. The zero-order valence-corrected chi connectivity index (χ0v) is 11.3. The van der Waals surface area contributed by atoms with E-state index < -0.39 is 23.7 Å².